The Bertz CT molecular complexity index is 2450. The molecule has 0 radical (unpaired) electrons. The molecule has 2 aromatic heterocycles. The zero-order valence-corrected chi connectivity index (χ0v) is 34.9. The van der Waals surface area contributed by atoms with Crippen molar-refractivity contribution >= 4 is 40.2 Å². The number of carbonyl (C=O) groups is 4. The minimum atomic E-state index is -4.36. The van der Waals surface area contributed by atoms with Crippen molar-refractivity contribution in [3.8, 4) is 5.75 Å². The van der Waals surface area contributed by atoms with Crippen LogP contribution in [0.25, 0.3) is 10.9 Å². The van der Waals surface area contributed by atoms with Gasteiger partial charge in [-0.05, 0) is 91.8 Å². The number of H-pyrrole nitrogens is 1. The number of halogens is 3. The maximum Gasteiger partial charge on any atom is 0.401 e. The molecule has 2 aromatic carbocycles. The van der Waals surface area contributed by atoms with E-state index in [-0.39, 0.29) is 48.7 Å². The number of ether oxygens (including phenoxy) is 1. The van der Waals surface area contributed by atoms with Crippen molar-refractivity contribution in [2.24, 2.45) is 5.41 Å². The molecular formula is C45H50F3N9O5. The van der Waals surface area contributed by atoms with Gasteiger partial charge in [0, 0.05) is 73.8 Å². The van der Waals surface area contributed by atoms with Crippen LogP contribution in [0.1, 0.15) is 95.4 Å². The summed E-state index contributed by atoms with van der Waals surface area (Å²) < 4.78 is 47.7. The van der Waals surface area contributed by atoms with Crippen molar-refractivity contribution in [2.75, 3.05) is 51.3 Å². The van der Waals surface area contributed by atoms with E-state index in [2.05, 4.69) is 25.3 Å². The van der Waals surface area contributed by atoms with Gasteiger partial charge in [0.05, 0.1) is 62.1 Å². The molecule has 14 nitrogen and oxygen atoms in total. The van der Waals surface area contributed by atoms with E-state index in [1.165, 1.54) is 9.80 Å². The number of rotatable bonds is 7. The average Bonchev–Trinajstić information content (AvgIpc) is 3.98. The Morgan fingerprint density at radius 1 is 0.952 bits per heavy atom. The Balaban J connectivity index is 0.746. The molecule has 17 heteroatoms. The Morgan fingerprint density at radius 3 is 2.44 bits per heavy atom. The number of pyridine rings is 1. The van der Waals surface area contributed by atoms with Gasteiger partial charge in [0.2, 0.25) is 17.7 Å². The van der Waals surface area contributed by atoms with Crippen molar-refractivity contribution in [1.29, 1.82) is 0 Å². The number of benzene rings is 2. The van der Waals surface area contributed by atoms with Gasteiger partial charge in [0.15, 0.2) is 0 Å². The van der Waals surface area contributed by atoms with Crippen LogP contribution in [0.15, 0.2) is 42.7 Å². The van der Waals surface area contributed by atoms with Gasteiger partial charge in [0.1, 0.15) is 11.8 Å². The fraction of sp³-hybridized carbons (Fsp3) is 0.511. The molecule has 0 bridgehead atoms. The summed E-state index contributed by atoms with van der Waals surface area (Å²) >= 11 is 0. The molecule has 0 aliphatic carbocycles. The second kappa shape index (κ2) is 15.4. The van der Waals surface area contributed by atoms with E-state index in [1.54, 1.807) is 13.3 Å². The number of piperidine rings is 3. The van der Waals surface area contributed by atoms with Gasteiger partial charge < -0.3 is 19.4 Å². The smallest absolute Gasteiger partial charge is 0.401 e. The lowest BCUT2D eigenvalue weighted by Crippen LogP contribution is -2.52. The molecule has 10 rings (SSSR count). The fourth-order valence-corrected chi connectivity index (χ4v) is 11.2. The predicted molar refractivity (Wildman–Crippen MR) is 221 cm³/mol. The third kappa shape index (κ3) is 7.15. The molecule has 3 fully saturated rings. The topological polar surface area (TPSA) is 147 Å². The van der Waals surface area contributed by atoms with Crippen molar-refractivity contribution < 1.29 is 37.1 Å². The second-order valence-electron chi connectivity index (χ2n) is 18.1. The summed E-state index contributed by atoms with van der Waals surface area (Å²) in [6.07, 6.45) is 3.99. The first-order valence-electron chi connectivity index (χ1n) is 21.6. The average molecular weight is 854 g/mol. The number of amides is 4. The molecule has 326 valence electrons. The molecule has 3 saturated heterocycles. The minimum absolute atomic E-state index is 0.0841. The highest BCUT2D eigenvalue weighted by Crippen LogP contribution is 2.45. The van der Waals surface area contributed by atoms with E-state index in [4.69, 9.17) is 9.72 Å². The van der Waals surface area contributed by atoms with E-state index < -0.39 is 30.7 Å². The Hall–Kier alpha value is -5.55. The van der Waals surface area contributed by atoms with Gasteiger partial charge in [-0.3, -0.25) is 44.4 Å². The van der Waals surface area contributed by atoms with Gasteiger partial charge >= 0.3 is 6.18 Å². The molecule has 4 aromatic rings. The van der Waals surface area contributed by atoms with Gasteiger partial charge in [-0.1, -0.05) is 6.07 Å². The van der Waals surface area contributed by atoms with Crippen LogP contribution in [0, 0.1) is 5.41 Å². The highest BCUT2D eigenvalue weighted by atomic mass is 19.4. The molecule has 2 N–H and O–H groups in total. The predicted octanol–water partition coefficient (Wildman–Crippen LogP) is 4.85. The molecule has 0 saturated carbocycles. The van der Waals surface area contributed by atoms with Crippen LogP contribution in [0.3, 0.4) is 0 Å². The standard InChI is InChI=1S/C45H50F3N9O5/c1-26-17-30-29(4-6-35-32(30)20-50-52-35)40(57(26)25-45(46,47)48)36-5-3-28(19-49-36)54-13-9-44(10-14-54)11-15-55(16-12-44)39(59)24-53-21-27-18-31-34(41(62-2)33(27)22-53)23-56(43(31)61)37-7-8-38(58)51-42(37)60/h3-6,18-20,26,37,40H,7-17,21-25H2,1-2H3,(H,50,52)(H,51,58,60)/t26-,37?,40+/m1/s1. The summed E-state index contributed by atoms with van der Waals surface area (Å²) in [6, 6.07) is 7.86. The number of aromatic nitrogens is 3. The lowest BCUT2D eigenvalue weighted by Gasteiger charge is -2.47. The molecule has 6 aliphatic rings. The summed E-state index contributed by atoms with van der Waals surface area (Å²) in [5, 5.41) is 10.5. The molecular weight excluding hydrogens is 804 g/mol. The van der Waals surface area contributed by atoms with Crippen molar-refractivity contribution in [3.63, 3.8) is 0 Å². The largest absolute Gasteiger partial charge is 0.496 e. The SMILES string of the molecule is COc1c2c(cc3c1CN(C1CCC(=O)NC1=O)C3=O)CN(CC(=O)N1CCC3(CC1)CCN(c1ccc([C@@H]4c5ccc6[nH]ncc6c5C[C@@H](C)N4CC(F)(F)F)nc1)CC3)C2. The van der Waals surface area contributed by atoms with Gasteiger partial charge in [0.25, 0.3) is 5.91 Å². The summed E-state index contributed by atoms with van der Waals surface area (Å²) in [4.78, 5) is 65.8. The molecule has 62 heavy (non-hydrogen) atoms. The third-order valence-electron chi connectivity index (χ3n) is 14.6. The first-order valence-corrected chi connectivity index (χ1v) is 21.6. The summed E-state index contributed by atoms with van der Waals surface area (Å²) in [5.41, 5.74) is 7.55. The number of carbonyl (C=O) groups excluding carboxylic acids is 4. The van der Waals surface area contributed by atoms with Crippen LogP contribution in [0.2, 0.25) is 0 Å². The van der Waals surface area contributed by atoms with E-state index >= 15 is 0 Å². The molecule has 1 spiro atoms. The maximum absolute atomic E-state index is 13.9. The van der Waals surface area contributed by atoms with Crippen molar-refractivity contribution in [2.45, 2.75) is 95.8 Å². The second-order valence-corrected chi connectivity index (χ2v) is 18.1. The van der Waals surface area contributed by atoms with E-state index in [0.29, 0.717) is 56.0 Å². The normalized spacial score (nSPS) is 24.1. The quantitative estimate of drug-likeness (QED) is 0.248. The van der Waals surface area contributed by atoms with Gasteiger partial charge in [-0.15, -0.1) is 0 Å². The van der Waals surface area contributed by atoms with E-state index in [1.807, 2.05) is 48.4 Å². The zero-order valence-electron chi connectivity index (χ0n) is 34.9. The number of imide groups is 1. The molecule has 6 aliphatic heterocycles. The first kappa shape index (κ1) is 40.5. The Kier molecular flexibility index (Phi) is 10.0. The Labute approximate surface area is 356 Å². The summed E-state index contributed by atoms with van der Waals surface area (Å²) in [6.45, 7) is 5.39. The number of anilines is 1. The third-order valence-corrected chi connectivity index (χ3v) is 14.6. The zero-order chi connectivity index (χ0) is 43.1. The van der Waals surface area contributed by atoms with Crippen LogP contribution < -0.4 is 15.0 Å². The van der Waals surface area contributed by atoms with E-state index in [0.717, 1.165) is 83.2 Å². The number of hydrogen-bond acceptors (Lipinski definition) is 10. The number of methoxy groups -OCH3 is 1. The van der Waals surface area contributed by atoms with Crippen molar-refractivity contribution in [3.05, 3.63) is 81.8 Å². The van der Waals surface area contributed by atoms with E-state index in [9.17, 15) is 32.3 Å². The monoisotopic (exact) mass is 853 g/mol. The number of aromatic amines is 1. The maximum atomic E-state index is 13.9. The highest BCUT2D eigenvalue weighted by molar-refractivity contribution is 6.06. The molecule has 8 heterocycles. The summed E-state index contributed by atoms with van der Waals surface area (Å²) in [7, 11) is 1.58. The molecule has 1 unspecified atom stereocenters. The van der Waals surface area contributed by atoms with Gasteiger partial charge in [-0.25, -0.2) is 0 Å². The molecule has 3 atom stereocenters. The van der Waals surface area contributed by atoms with Crippen LogP contribution in [0.5, 0.6) is 5.75 Å². The Morgan fingerprint density at radius 2 is 1.73 bits per heavy atom. The summed E-state index contributed by atoms with van der Waals surface area (Å²) in [5.74, 6) is -0.319. The number of nitrogens with one attached hydrogen (secondary N) is 2. The lowest BCUT2D eigenvalue weighted by atomic mass is 9.71. The van der Waals surface area contributed by atoms with Crippen LogP contribution in [-0.4, -0.2) is 123 Å². The molecule has 4 amide bonds. The first-order chi connectivity index (χ1) is 29.8. The highest BCUT2D eigenvalue weighted by Gasteiger charge is 2.45. The van der Waals surface area contributed by atoms with Crippen LogP contribution in [-0.2, 0) is 40.4 Å². The number of fused-ring (bicyclic) bond motifs is 5. The van der Waals surface area contributed by atoms with Crippen LogP contribution in [0.4, 0.5) is 18.9 Å². The van der Waals surface area contributed by atoms with Crippen LogP contribution >= 0.6 is 0 Å². The number of alkyl halides is 3. The number of hydrogen-bond donors (Lipinski definition) is 2. The fourth-order valence-electron chi connectivity index (χ4n) is 11.2. The van der Waals surface area contributed by atoms with Gasteiger partial charge in [-0.2, -0.15) is 18.3 Å². The number of likely N-dealkylation sites (tertiary alicyclic amines) is 1. The lowest BCUT2D eigenvalue weighted by molar-refractivity contribution is -0.155. The minimum Gasteiger partial charge on any atom is -0.496 e. The number of nitrogens with zero attached hydrogens (tertiary/aromatic N) is 7. The van der Waals surface area contributed by atoms with Crippen molar-refractivity contribution in [1.82, 2.24) is 40.1 Å².